The molecule has 0 bridgehead atoms. The number of non-ortho nitro benzene ring substituents is 1. The molecule has 2 N–H and O–H groups in total. The highest BCUT2D eigenvalue weighted by molar-refractivity contribution is 5.50. The van der Waals surface area contributed by atoms with E-state index in [1.54, 1.807) is 19.3 Å². The molecule has 1 aromatic carbocycles. The lowest BCUT2D eigenvalue weighted by Gasteiger charge is -2.13. The number of benzene rings is 1. The van der Waals surface area contributed by atoms with Crippen molar-refractivity contribution in [3.63, 3.8) is 0 Å². The number of hydrogen-bond donors (Lipinski definition) is 2. The molecule has 0 radical (unpaired) electrons. The quantitative estimate of drug-likeness (QED) is 0.645. The van der Waals surface area contributed by atoms with Crippen LogP contribution < -0.4 is 5.32 Å². The van der Waals surface area contributed by atoms with Crippen LogP contribution in [0.2, 0.25) is 0 Å². The van der Waals surface area contributed by atoms with E-state index in [4.69, 9.17) is 0 Å². The van der Waals surface area contributed by atoms with Crippen LogP contribution in [0, 0.1) is 15.9 Å². The molecule has 94 valence electrons. The minimum absolute atomic E-state index is 0.199. The maximum absolute atomic E-state index is 13.6. The molecule has 0 saturated carbocycles. The van der Waals surface area contributed by atoms with Gasteiger partial charge in [0.05, 0.1) is 22.7 Å². The van der Waals surface area contributed by atoms with Gasteiger partial charge in [0.1, 0.15) is 5.82 Å². The Bertz CT molecular complexity index is 556. The summed E-state index contributed by atoms with van der Waals surface area (Å²) in [5, 5.41) is 13.4. The molecular formula is C11H11FN4O2. The van der Waals surface area contributed by atoms with Gasteiger partial charge in [0, 0.05) is 18.5 Å². The number of H-pyrrole nitrogens is 1. The lowest BCUT2D eigenvalue weighted by atomic mass is 10.2. The molecule has 0 saturated heterocycles. The number of anilines is 1. The van der Waals surface area contributed by atoms with Gasteiger partial charge < -0.3 is 10.3 Å². The summed E-state index contributed by atoms with van der Waals surface area (Å²) in [6.45, 7) is 1.81. The van der Waals surface area contributed by atoms with Gasteiger partial charge in [-0.3, -0.25) is 10.1 Å². The van der Waals surface area contributed by atoms with Crippen molar-refractivity contribution < 1.29 is 9.31 Å². The zero-order chi connectivity index (χ0) is 13.1. The Kier molecular flexibility index (Phi) is 3.22. The van der Waals surface area contributed by atoms with Crippen molar-refractivity contribution in [2.45, 2.75) is 13.0 Å². The first-order valence-corrected chi connectivity index (χ1v) is 5.27. The molecular weight excluding hydrogens is 239 g/mol. The van der Waals surface area contributed by atoms with Crippen LogP contribution >= 0.6 is 0 Å². The first kappa shape index (κ1) is 12.0. The molecule has 0 aliphatic rings. The summed E-state index contributed by atoms with van der Waals surface area (Å²) >= 11 is 0. The highest BCUT2D eigenvalue weighted by Crippen LogP contribution is 2.23. The lowest BCUT2D eigenvalue weighted by Crippen LogP contribution is -2.09. The van der Waals surface area contributed by atoms with Crippen molar-refractivity contribution in [3.8, 4) is 0 Å². The smallest absolute Gasteiger partial charge is 0.272 e. The molecule has 7 heteroatoms. The van der Waals surface area contributed by atoms with Crippen LogP contribution in [0.15, 0.2) is 30.6 Å². The topological polar surface area (TPSA) is 83.8 Å². The molecule has 1 unspecified atom stereocenters. The maximum Gasteiger partial charge on any atom is 0.272 e. The van der Waals surface area contributed by atoms with Crippen LogP contribution in [-0.4, -0.2) is 14.9 Å². The molecule has 0 aliphatic heterocycles. The standard InChI is InChI=1S/C11H11FN4O2/c1-7(11-13-4-5-14-11)15-10-3-2-8(16(17)18)6-9(10)12/h2-7,15H,1H3,(H,13,14). The van der Waals surface area contributed by atoms with Crippen LogP contribution in [-0.2, 0) is 0 Å². The number of nitrogens with one attached hydrogen (secondary N) is 2. The molecule has 1 heterocycles. The van der Waals surface area contributed by atoms with E-state index in [1.165, 1.54) is 12.1 Å². The van der Waals surface area contributed by atoms with Gasteiger partial charge in [0.2, 0.25) is 0 Å². The summed E-state index contributed by atoms with van der Waals surface area (Å²) in [7, 11) is 0. The fourth-order valence-electron chi connectivity index (χ4n) is 1.55. The second kappa shape index (κ2) is 4.82. The van der Waals surface area contributed by atoms with Crippen molar-refractivity contribution in [3.05, 3.63) is 52.3 Å². The number of nitrogens with zero attached hydrogens (tertiary/aromatic N) is 2. The number of imidazole rings is 1. The molecule has 1 aromatic heterocycles. The second-order valence-corrected chi connectivity index (χ2v) is 3.76. The van der Waals surface area contributed by atoms with E-state index in [9.17, 15) is 14.5 Å². The van der Waals surface area contributed by atoms with Gasteiger partial charge in [0.15, 0.2) is 5.82 Å². The summed E-state index contributed by atoms with van der Waals surface area (Å²) in [5.41, 5.74) is -0.0757. The Morgan fingerprint density at radius 1 is 1.56 bits per heavy atom. The number of nitro groups is 1. The van der Waals surface area contributed by atoms with Gasteiger partial charge >= 0.3 is 0 Å². The number of aromatic nitrogens is 2. The minimum atomic E-state index is -0.664. The summed E-state index contributed by atoms with van der Waals surface area (Å²) < 4.78 is 13.6. The van der Waals surface area contributed by atoms with E-state index in [0.29, 0.717) is 5.82 Å². The molecule has 0 aliphatic carbocycles. The zero-order valence-corrected chi connectivity index (χ0v) is 9.55. The fourth-order valence-corrected chi connectivity index (χ4v) is 1.55. The van der Waals surface area contributed by atoms with Crippen LogP contribution in [0.4, 0.5) is 15.8 Å². The maximum atomic E-state index is 13.6. The number of halogens is 1. The SMILES string of the molecule is CC(Nc1ccc([N+](=O)[O-])cc1F)c1ncc[nH]1. The average Bonchev–Trinajstić information content (AvgIpc) is 2.85. The highest BCUT2D eigenvalue weighted by atomic mass is 19.1. The van der Waals surface area contributed by atoms with E-state index < -0.39 is 10.7 Å². The second-order valence-electron chi connectivity index (χ2n) is 3.76. The monoisotopic (exact) mass is 250 g/mol. The van der Waals surface area contributed by atoms with Crippen LogP contribution in [0.5, 0.6) is 0 Å². The summed E-state index contributed by atoms with van der Waals surface area (Å²) in [4.78, 5) is 16.8. The highest BCUT2D eigenvalue weighted by Gasteiger charge is 2.13. The minimum Gasteiger partial charge on any atom is -0.373 e. The predicted molar refractivity (Wildman–Crippen MR) is 63.7 cm³/mol. The first-order valence-electron chi connectivity index (χ1n) is 5.27. The molecule has 2 aromatic rings. The van der Waals surface area contributed by atoms with Crippen molar-refractivity contribution in [2.75, 3.05) is 5.32 Å². The van der Waals surface area contributed by atoms with Crippen LogP contribution in [0.3, 0.4) is 0 Å². The number of nitro benzene ring substituents is 1. The molecule has 0 fully saturated rings. The average molecular weight is 250 g/mol. The number of hydrogen-bond acceptors (Lipinski definition) is 4. The largest absolute Gasteiger partial charge is 0.373 e. The summed E-state index contributed by atoms with van der Waals surface area (Å²) in [6.07, 6.45) is 3.26. The van der Waals surface area contributed by atoms with Crippen molar-refractivity contribution in [1.82, 2.24) is 9.97 Å². The fraction of sp³-hybridized carbons (Fsp3) is 0.182. The Hall–Kier alpha value is -2.44. The third-order valence-corrected chi connectivity index (χ3v) is 2.47. The van der Waals surface area contributed by atoms with Crippen LogP contribution in [0.25, 0.3) is 0 Å². The van der Waals surface area contributed by atoms with Gasteiger partial charge in [-0.25, -0.2) is 9.37 Å². The summed E-state index contributed by atoms with van der Waals surface area (Å²) in [5.74, 6) is -0.00430. The zero-order valence-electron chi connectivity index (χ0n) is 9.55. The summed E-state index contributed by atoms with van der Waals surface area (Å²) in [6, 6.07) is 3.25. The molecule has 6 nitrogen and oxygen atoms in total. The third kappa shape index (κ3) is 2.45. The normalized spacial score (nSPS) is 12.1. The molecule has 2 rings (SSSR count). The predicted octanol–water partition coefficient (Wildman–Crippen LogP) is 2.63. The van der Waals surface area contributed by atoms with Crippen molar-refractivity contribution in [1.29, 1.82) is 0 Å². The van der Waals surface area contributed by atoms with Gasteiger partial charge in [-0.15, -0.1) is 0 Å². The van der Waals surface area contributed by atoms with Gasteiger partial charge in [-0.2, -0.15) is 0 Å². The van der Waals surface area contributed by atoms with E-state index in [2.05, 4.69) is 15.3 Å². The van der Waals surface area contributed by atoms with Gasteiger partial charge in [-0.1, -0.05) is 0 Å². The molecule has 0 amide bonds. The van der Waals surface area contributed by atoms with Gasteiger partial charge in [0.25, 0.3) is 5.69 Å². The number of rotatable bonds is 4. The van der Waals surface area contributed by atoms with Gasteiger partial charge in [-0.05, 0) is 13.0 Å². The van der Waals surface area contributed by atoms with E-state index in [0.717, 1.165) is 6.07 Å². The third-order valence-electron chi connectivity index (χ3n) is 2.47. The molecule has 18 heavy (non-hydrogen) atoms. The Labute approximate surface area is 102 Å². The van der Waals surface area contributed by atoms with E-state index in [1.807, 2.05) is 0 Å². The Morgan fingerprint density at radius 2 is 2.33 bits per heavy atom. The lowest BCUT2D eigenvalue weighted by molar-refractivity contribution is -0.385. The van der Waals surface area contributed by atoms with Crippen molar-refractivity contribution >= 4 is 11.4 Å². The molecule has 1 atom stereocenters. The van der Waals surface area contributed by atoms with Crippen molar-refractivity contribution in [2.24, 2.45) is 0 Å². The Balaban J connectivity index is 2.17. The molecule has 0 spiro atoms. The Morgan fingerprint density at radius 3 is 2.89 bits per heavy atom. The van der Waals surface area contributed by atoms with E-state index >= 15 is 0 Å². The first-order chi connectivity index (χ1) is 8.58. The van der Waals surface area contributed by atoms with Crippen LogP contribution in [0.1, 0.15) is 18.8 Å². The number of aromatic amines is 1. The van der Waals surface area contributed by atoms with E-state index in [-0.39, 0.29) is 17.4 Å².